The largest absolute Gasteiger partial charge is 0.352 e. The van der Waals surface area contributed by atoms with E-state index in [-0.39, 0.29) is 11.8 Å². The molecule has 0 aliphatic carbocycles. The molecule has 1 unspecified atom stereocenters. The van der Waals surface area contributed by atoms with E-state index in [4.69, 9.17) is 0 Å². The molecule has 4 heteroatoms. The molecule has 0 bridgehead atoms. The van der Waals surface area contributed by atoms with Gasteiger partial charge in [-0.1, -0.05) is 90.5 Å². The van der Waals surface area contributed by atoms with Crippen LogP contribution in [0.3, 0.4) is 0 Å². The number of carbonyl (C=O) groups is 2. The highest BCUT2D eigenvalue weighted by Gasteiger charge is 2.38. The quantitative estimate of drug-likeness (QED) is 0.743. The zero-order valence-electron chi connectivity index (χ0n) is 16.4. The van der Waals surface area contributed by atoms with Crippen molar-refractivity contribution in [3.63, 3.8) is 0 Å². The van der Waals surface area contributed by atoms with Crippen molar-refractivity contribution in [2.75, 3.05) is 13.1 Å². The molecule has 3 aromatic rings. The van der Waals surface area contributed by atoms with Crippen molar-refractivity contribution in [1.29, 1.82) is 0 Å². The van der Waals surface area contributed by atoms with E-state index >= 15 is 0 Å². The molecule has 1 N–H and O–H groups in total. The zero-order chi connectivity index (χ0) is 20.2. The lowest BCUT2D eigenvalue weighted by Gasteiger charge is -2.37. The van der Waals surface area contributed by atoms with E-state index in [1.54, 1.807) is 4.90 Å². The van der Waals surface area contributed by atoms with Crippen molar-refractivity contribution in [3.8, 4) is 0 Å². The SMILES string of the molecule is Cc1cccc(C2C(=O)NCCN2C(=O)C(c2ccccc2)c2ccccc2)c1. The molecular weight excluding hydrogens is 360 g/mol. The van der Waals surface area contributed by atoms with Crippen LogP contribution in [0.2, 0.25) is 0 Å². The number of hydrogen-bond acceptors (Lipinski definition) is 2. The topological polar surface area (TPSA) is 49.4 Å². The van der Waals surface area contributed by atoms with Gasteiger partial charge in [0.2, 0.25) is 11.8 Å². The Kier molecular flexibility index (Phi) is 5.43. The van der Waals surface area contributed by atoms with Crippen LogP contribution in [0.1, 0.15) is 34.2 Å². The van der Waals surface area contributed by atoms with E-state index in [1.807, 2.05) is 91.9 Å². The average Bonchev–Trinajstić information content (AvgIpc) is 2.75. The van der Waals surface area contributed by atoms with E-state index in [9.17, 15) is 9.59 Å². The summed E-state index contributed by atoms with van der Waals surface area (Å²) in [6.07, 6.45) is 0. The Labute approximate surface area is 171 Å². The third-order valence-electron chi connectivity index (χ3n) is 5.37. The first-order valence-electron chi connectivity index (χ1n) is 9.90. The minimum absolute atomic E-state index is 0.0521. The summed E-state index contributed by atoms with van der Waals surface area (Å²) in [5, 5.41) is 2.92. The molecule has 1 aliphatic rings. The fourth-order valence-electron chi connectivity index (χ4n) is 4.01. The van der Waals surface area contributed by atoms with Crippen molar-refractivity contribution in [2.45, 2.75) is 18.9 Å². The van der Waals surface area contributed by atoms with Crippen LogP contribution in [-0.2, 0) is 9.59 Å². The van der Waals surface area contributed by atoms with Gasteiger partial charge >= 0.3 is 0 Å². The molecule has 4 rings (SSSR count). The Morgan fingerprint density at radius 2 is 1.55 bits per heavy atom. The van der Waals surface area contributed by atoms with Crippen molar-refractivity contribution >= 4 is 11.8 Å². The first kappa shape index (κ1) is 18.9. The first-order chi connectivity index (χ1) is 14.1. The molecule has 1 atom stereocenters. The number of piperazine rings is 1. The molecule has 3 aromatic carbocycles. The minimum atomic E-state index is -0.619. The summed E-state index contributed by atoms with van der Waals surface area (Å²) in [7, 11) is 0. The van der Waals surface area contributed by atoms with Crippen LogP contribution < -0.4 is 5.32 Å². The van der Waals surface area contributed by atoms with Crippen molar-refractivity contribution < 1.29 is 9.59 Å². The van der Waals surface area contributed by atoms with Gasteiger partial charge < -0.3 is 10.2 Å². The number of rotatable bonds is 4. The third-order valence-corrected chi connectivity index (χ3v) is 5.37. The second-order valence-corrected chi connectivity index (χ2v) is 7.39. The predicted molar refractivity (Wildman–Crippen MR) is 113 cm³/mol. The van der Waals surface area contributed by atoms with E-state index in [1.165, 1.54) is 0 Å². The molecule has 0 radical (unpaired) electrons. The summed E-state index contributed by atoms with van der Waals surface area (Å²) in [4.78, 5) is 28.4. The summed E-state index contributed by atoms with van der Waals surface area (Å²) in [5.74, 6) is -0.630. The number of hydrogen-bond donors (Lipinski definition) is 1. The molecule has 0 spiro atoms. The molecule has 1 fully saturated rings. The van der Waals surface area contributed by atoms with Crippen LogP contribution in [0.25, 0.3) is 0 Å². The zero-order valence-corrected chi connectivity index (χ0v) is 16.4. The number of aryl methyl sites for hydroxylation is 1. The van der Waals surface area contributed by atoms with Gasteiger partial charge in [-0.3, -0.25) is 9.59 Å². The van der Waals surface area contributed by atoms with Gasteiger partial charge in [0, 0.05) is 13.1 Å². The molecule has 1 aliphatic heterocycles. The maximum Gasteiger partial charge on any atom is 0.247 e. The van der Waals surface area contributed by atoms with Crippen LogP contribution in [0.15, 0.2) is 84.9 Å². The van der Waals surface area contributed by atoms with Gasteiger partial charge in [0.25, 0.3) is 0 Å². The molecule has 2 amide bonds. The van der Waals surface area contributed by atoms with Crippen LogP contribution in [0.4, 0.5) is 0 Å². The van der Waals surface area contributed by atoms with Gasteiger partial charge in [0.1, 0.15) is 6.04 Å². The number of nitrogens with one attached hydrogen (secondary N) is 1. The Bertz CT molecular complexity index is 962. The van der Waals surface area contributed by atoms with Gasteiger partial charge in [-0.05, 0) is 23.6 Å². The number of carbonyl (C=O) groups excluding carboxylic acids is 2. The summed E-state index contributed by atoms with van der Waals surface area (Å²) < 4.78 is 0. The Morgan fingerprint density at radius 3 is 2.14 bits per heavy atom. The summed E-state index contributed by atoms with van der Waals surface area (Å²) in [5.41, 5.74) is 3.77. The van der Waals surface area contributed by atoms with Crippen LogP contribution in [0.5, 0.6) is 0 Å². The Hall–Kier alpha value is -3.40. The first-order valence-corrected chi connectivity index (χ1v) is 9.90. The normalized spacial score (nSPS) is 16.6. The van der Waals surface area contributed by atoms with Crippen LogP contribution >= 0.6 is 0 Å². The monoisotopic (exact) mass is 384 g/mol. The van der Waals surface area contributed by atoms with Crippen molar-refractivity contribution in [2.24, 2.45) is 0 Å². The Morgan fingerprint density at radius 1 is 0.931 bits per heavy atom. The van der Waals surface area contributed by atoms with E-state index < -0.39 is 12.0 Å². The van der Waals surface area contributed by atoms with Crippen molar-refractivity contribution in [1.82, 2.24) is 10.2 Å². The highest BCUT2D eigenvalue weighted by atomic mass is 16.2. The summed E-state index contributed by atoms with van der Waals surface area (Å²) >= 11 is 0. The maximum absolute atomic E-state index is 13.9. The van der Waals surface area contributed by atoms with Crippen LogP contribution in [0, 0.1) is 6.92 Å². The maximum atomic E-state index is 13.9. The number of nitrogens with zero attached hydrogens (tertiary/aromatic N) is 1. The van der Waals surface area contributed by atoms with E-state index in [0.29, 0.717) is 13.1 Å². The van der Waals surface area contributed by atoms with Crippen molar-refractivity contribution in [3.05, 3.63) is 107 Å². The summed E-state index contributed by atoms with van der Waals surface area (Å²) in [6.45, 7) is 2.94. The van der Waals surface area contributed by atoms with E-state index in [0.717, 1.165) is 22.3 Å². The number of benzene rings is 3. The summed E-state index contributed by atoms with van der Waals surface area (Å²) in [6, 6.07) is 26.8. The fraction of sp³-hybridized carbons (Fsp3) is 0.200. The molecule has 29 heavy (non-hydrogen) atoms. The molecule has 0 saturated carbocycles. The molecule has 4 nitrogen and oxygen atoms in total. The highest BCUT2D eigenvalue weighted by molar-refractivity contribution is 5.94. The number of amides is 2. The van der Waals surface area contributed by atoms with Gasteiger partial charge in [-0.2, -0.15) is 0 Å². The standard InChI is InChI=1S/C25H24N2O2/c1-18-9-8-14-21(17-18)23-24(28)26-15-16-27(23)25(29)22(19-10-4-2-5-11-19)20-12-6-3-7-13-20/h2-14,17,22-23H,15-16H2,1H3,(H,26,28). The molecule has 1 heterocycles. The molecule has 1 saturated heterocycles. The molecule has 0 aromatic heterocycles. The van der Waals surface area contributed by atoms with E-state index in [2.05, 4.69) is 5.32 Å². The fourth-order valence-corrected chi connectivity index (χ4v) is 4.01. The molecule has 146 valence electrons. The highest BCUT2D eigenvalue weighted by Crippen LogP contribution is 2.32. The second kappa shape index (κ2) is 8.31. The lowest BCUT2D eigenvalue weighted by Crippen LogP contribution is -2.53. The average molecular weight is 384 g/mol. The Balaban J connectivity index is 1.77. The predicted octanol–water partition coefficient (Wildman–Crippen LogP) is 3.83. The van der Waals surface area contributed by atoms with Crippen LogP contribution in [-0.4, -0.2) is 29.8 Å². The third kappa shape index (κ3) is 3.92. The lowest BCUT2D eigenvalue weighted by molar-refractivity contribution is -0.144. The van der Waals surface area contributed by atoms with Gasteiger partial charge in [0.05, 0.1) is 5.92 Å². The van der Waals surface area contributed by atoms with Gasteiger partial charge in [-0.25, -0.2) is 0 Å². The lowest BCUT2D eigenvalue weighted by atomic mass is 9.88. The van der Waals surface area contributed by atoms with Gasteiger partial charge in [-0.15, -0.1) is 0 Å². The second-order valence-electron chi connectivity index (χ2n) is 7.39. The van der Waals surface area contributed by atoms with Gasteiger partial charge in [0.15, 0.2) is 0 Å². The minimum Gasteiger partial charge on any atom is -0.352 e. The molecular formula is C25H24N2O2. The smallest absolute Gasteiger partial charge is 0.247 e.